The van der Waals surface area contributed by atoms with E-state index in [1.54, 1.807) is 6.20 Å². The minimum Gasteiger partial charge on any atom is -0.324 e. The van der Waals surface area contributed by atoms with Crippen LogP contribution in [0.25, 0.3) is 10.9 Å². The number of para-hydroxylation sites is 1. The second kappa shape index (κ2) is 5.61. The zero-order valence-corrected chi connectivity index (χ0v) is 11.8. The molecule has 1 unspecified atom stereocenters. The van der Waals surface area contributed by atoms with E-state index in [2.05, 4.69) is 10.3 Å². The normalized spacial score (nSPS) is 17.2. The maximum absolute atomic E-state index is 12.4. The number of anilines is 1. The molecule has 104 valence electrons. The quantitative estimate of drug-likeness (QED) is 0.914. The molecule has 0 radical (unpaired) electrons. The van der Waals surface area contributed by atoms with Gasteiger partial charge in [-0.2, -0.15) is 0 Å². The molecule has 1 heterocycles. The van der Waals surface area contributed by atoms with Crippen molar-refractivity contribution in [2.24, 2.45) is 11.8 Å². The van der Waals surface area contributed by atoms with E-state index >= 15 is 0 Å². The van der Waals surface area contributed by atoms with Crippen LogP contribution in [-0.4, -0.2) is 10.9 Å². The number of carbonyl (C=O) groups is 1. The van der Waals surface area contributed by atoms with Crippen LogP contribution in [0.3, 0.4) is 0 Å². The summed E-state index contributed by atoms with van der Waals surface area (Å²) in [6, 6.07) is 9.82. The highest BCUT2D eigenvalue weighted by molar-refractivity contribution is 6.00. The third-order valence-electron chi connectivity index (χ3n) is 4.41. The Bertz CT molecular complexity index is 612. The van der Waals surface area contributed by atoms with E-state index < -0.39 is 0 Å². The van der Waals surface area contributed by atoms with E-state index in [-0.39, 0.29) is 11.8 Å². The van der Waals surface area contributed by atoms with Gasteiger partial charge >= 0.3 is 0 Å². The van der Waals surface area contributed by atoms with Crippen LogP contribution in [0.15, 0.2) is 36.5 Å². The average Bonchev–Trinajstić information content (AvgIpc) is 3.01. The van der Waals surface area contributed by atoms with E-state index in [1.807, 2.05) is 37.3 Å². The van der Waals surface area contributed by atoms with Gasteiger partial charge in [0.25, 0.3) is 0 Å². The van der Waals surface area contributed by atoms with Crippen molar-refractivity contribution in [3.8, 4) is 0 Å². The Morgan fingerprint density at radius 3 is 2.80 bits per heavy atom. The van der Waals surface area contributed by atoms with Crippen molar-refractivity contribution in [3.63, 3.8) is 0 Å². The van der Waals surface area contributed by atoms with Crippen molar-refractivity contribution < 1.29 is 4.79 Å². The van der Waals surface area contributed by atoms with Gasteiger partial charge in [0.2, 0.25) is 5.91 Å². The highest BCUT2D eigenvalue weighted by Gasteiger charge is 2.27. The predicted octanol–water partition coefficient (Wildman–Crippen LogP) is 4.00. The van der Waals surface area contributed by atoms with Crippen LogP contribution in [0.2, 0.25) is 0 Å². The molecule has 1 aliphatic rings. The summed E-state index contributed by atoms with van der Waals surface area (Å²) in [5.41, 5.74) is 1.68. The van der Waals surface area contributed by atoms with Crippen molar-refractivity contribution in [1.29, 1.82) is 0 Å². The predicted molar refractivity (Wildman–Crippen MR) is 81.5 cm³/mol. The molecule has 3 nitrogen and oxygen atoms in total. The maximum Gasteiger partial charge on any atom is 0.227 e. The number of hydrogen-bond acceptors (Lipinski definition) is 2. The summed E-state index contributed by atoms with van der Waals surface area (Å²) in [6.07, 6.45) is 6.65. The summed E-state index contributed by atoms with van der Waals surface area (Å²) in [4.78, 5) is 16.8. The number of hydrogen-bond donors (Lipinski definition) is 1. The molecule has 1 aromatic heterocycles. The first-order valence-corrected chi connectivity index (χ1v) is 7.40. The summed E-state index contributed by atoms with van der Waals surface area (Å²) >= 11 is 0. The highest BCUT2D eigenvalue weighted by atomic mass is 16.1. The number of aromatic nitrogens is 1. The lowest BCUT2D eigenvalue weighted by atomic mass is 9.92. The van der Waals surface area contributed by atoms with Gasteiger partial charge in [0.15, 0.2) is 0 Å². The molecular formula is C17H20N2O. The smallest absolute Gasteiger partial charge is 0.227 e. The number of carbonyl (C=O) groups excluding carboxylic acids is 1. The number of nitrogens with one attached hydrogen (secondary N) is 1. The Kier molecular flexibility index (Phi) is 3.68. The fourth-order valence-corrected chi connectivity index (χ4v) is 3.12. The summed E-state index contributed by atoms with van der Waals surface area (Å²) in [6.45, 7) is 2.05. The molecule has 0 spiro atoms. The Morgan fingerprint density at radius 1 is 1.25 bits per heavy atom. The lowest BCUT2D eigenvalue weighted by Crippen LogP contribution is -2.25. The second-order valence-electron chi connectivity index (χ2n) is 5.70. The van der Waals surface area contributed by atoms with Gasteiger partial charge < -0.3 is 5.32 Å². The van der Waals surface area contributed by atoms with Gasteiger partial charge in [-0.15, -0.1) is 0 Å². The molecule has 1 amide bonds. The number of rotatable bonds is 3. The minimum atomic E-state index is 0.0801. The molecule has 3 rings (SSSR count). The molecule has 0 bridgehead atoms. The number of benzene rings is 1. The molecule has 2 aromatic rings. The number of pyridine rings is 1. The summed E-state index contributed by atoms with van der Waals surface area (Å²) < 4.78 is 0. The molecule has 0 aliphatic heterocycles. The third-order valence-corrected chi connectivity index (χ3v) is 4.41. The molecule has 1 fully saturated rings. The fraction of sp³-hybridized carbons (Fsp3) is 0.412. The van der Waals surface area contributed by atoms with Crippen molar-refractivity contribution in [2.75, 3.05) is 5.32 Å². The topological polar surface area (TPSA) is 42.0 Å². The van der Waals surface area contributed by atoms with Gasteiger partial charge in [-0.3, -0.25) is 9.78 Å². The van der Waals surface area contributed by atoms with Gasteiger partial charge in [0.05, 0.1) is 11.2 Å². The van der Waals surface area contributed by atoms with Crippen molar-refractivity contribution in [3.05, 3.63) is 36.5 Å². The van der Waals surface area contributed by atoms with Gasteiger partial charge in [-0.25, -0.2) is 0 Å². The molecule has 1 saturated carbocycles. The largest absolute Gasteiger partial charge is 0.324 e. The van der Waals surface area contributed by atoms with Crippen LogP contribution in [0.5, 0.6) is 0 Å². The summed E-state index contributed by atoms with van der Waals surface area (Å²) in [5, 5.41) is 4.11. The van der Waals surface area contributed by atoms with Crippen LogP contribution in [-0.2, 0) is 4.79 Å². The van der Waals surface area contributed by atoms with Crippen molar-refractivity contribution in [1.82, 2.24) is 4.98 Å². The van der Waals surface area contributed by atoms with E-state index in [1.165, 1.54) is 25.7 Å². The van der Waals surface area contributed by atoms with E-state index in [4.69, 9.17) is 0 Å². The molecule has 1 aliphatic carbocycles. The van der Waals surface area contributed by atoms with Crippen molar-refractivity contribution >= 4 is 22.5 Å². The lowest BCUT2D eigenvalue weighted by molar-refractivity contribution is -0.120. The molecule has 3 heteroatoms. The fourth-order valence-electron chi connectivity index (χ4n) is 3.12. The van der Waals surface area contributed by atoms with Gasteiger partial charge in [0.1, 0.15) is 0 Å². The highest BCUT2D eigenvalue weighted by Crippen LogP contribution is 2.32. The SMILES string of the molecule is CC(C(=O)Nc1cccc2cccnc12)C1CCCC1. The minimum absolute atomic E-state index is 0.0801. The molecule has 0 saturated heterocycles. The molecular weight excluding hydrogens is 248 g/mol. The van der Waals surface area contributed by atoms with E-state index in [0.717, 1.165) is 16.6 Å². The molecule has 1 N–H and O–H groups in total. The molecule has 1 atom stereocenters. The van der Waals surface area contributed by atoms with Gasteiger partial charge in [-0.1, -0.05) is 38.0 Å². The van der Waals surface area contributed by atoms with Gasteiger partial charge in [-0.05, 0) is 30.9 Å². The van der Waals surface area contributed by atoms with Crippen LogP contribution < -0.4 is 5.32 Å². The summed E-state index contributed by atoms with van der Waals surface area (Å²) in [5.74, 6) is 0.740. The van der Waals surface area contributed by atoms with Crippen LogP contribution in [0, 0.1) is 11.8 Å². The Morgan fingerprint density at radius 2 is 2.00 bits per heavy atom. The molecule has 1 aromatic carbocycles. The van der Waals surface area contributed by atoms with Crippen LogP contribution in [0.1, 0.15) is 32.6 Å². The third kappa shape index (κ3) is 2.53. The Balaban J connectivity index is 1.80. The first-order chi connectivity index (χ1) is 9.75. The molecule has 20 heavy (non-hydrogen) atoms. The number of fused-ring (bicyclic) bond motifs is 1. The zero-order valence-electron chi connectivity index (χ0n) is 11.8. The lowest BCUT2D eigenvalue weighted by Gasteiger charge is -2.18. The monoisotopic (exact) mass is 268 g/mol. The zero-order chi connectivity index (χ0) is 13.9. The van der Waals surface area contributed by atoms with Crippen LogP contribution >= 0.6 is 0 Å². The number of amides is 1. The summed E-state index contributed by atoms with van der Waals surface area (Å²) in [7, 11) is 0. The standard InChI is InChI=1S/C17H20N2O/c1-12(13-6-2-3-7-13)17(20)19-15-10-4-8-14-9-5-11-18-16(14)15/h4-5,8-13H,2-3,6-7H2,1H3,(H,19,20). The number of nitrogens with zero attached hydrogens (tertiary/aromatic N) is 1. The van der Waals surface area contributed by atoms with E-state index in [9.17, 15) is 4.79 Å². The first kappa shape index (κ1) is 13.1. The van der Waals surface area contributed by atoms with Gasteiger partial charge in [0, 0.05) is 17.5 Å². The van der Waals surface area contributed by atoms with Crippen molar-refractivity contribution in [2.45, 2.75) is 32.6 Å². The Hall–Kier alpha value is -1.90. The first-order valence-electron chi connectivity index (χ1n) is 7.40. The average molecular weight is 268 g/mol. The second-order valence-corrected chi connectivity index (χ2v) is 5.70. The maximum atomic E-state index is 12.4. The Labute approximate surface area is 119 Å². The van der Waals surface area contributed by atoms with Crippen LogP contribution in [0.4, 0.5) is 5.69 Å². The van der Waals surface area contributed by atoms with E-state index in [0.29, 0.717) is 5.92 Å².